The largest absolute Gasteiger partial charge is 0.466 e. The Morgan fingerprint density at radius 2 is 2.13 bits per heavy atom. The smallest absolute Gasteiger partial charge is 0.260 e. The maximum atomic E-state index is 13.2. The van der Waals surface area contributed by atoms with E-state index in [-0.39, 0.29) is 11.7 Å². The second kappa shape index (κ2) is 6.08. The van der Waals surface area contributed by atoms with Gasteiger partial charge in [0, 0.05) is 12.3 Å². The third-order valence-electron chi connectivity index (χ3n) is 3.40. The standard InChI is InChI=1S/C17H16FN3O2/c1-11-8-15(12(2)23-11)17(22)19-16-6-7-21(20-16)10-13-4-3-5-14(18)9-13/h3-9H,10H2,1-2H3,(H,19,20,22). The van der Waals surface area contributed by atoms with Gasteiger partial charge < -0.3 is 9.73 Å². The highest BCUT2D eigenvalue weighted by atomic mass is 19.1. The van der Waals surface area contributed by atoms with Crippen molar-refractivity contribution in [1.82, 2.24) is 9.78 Å². The number of hydrogen-bond donors (Lipinski definition) is 1. The summed E-state index contributed by atoms with van der Waals surface area (Å²) in [5, 5.41) is 6.99. The first kappa shape index (κ1) is 15.0. The van der Waals surface area contributed by atoms with E-state index < -0.39 is 0 Å². The number of rotatable bonds is 4. The minimum absolute atomic E-state index is 0.268. The van der Waals surface area contributed by atoms with Crippen molar-refractivity contribution in [2.24, 2.45) is 0 Å². The van der Waals surface area contributed by atoms with Crippen LogP contribution in [-0.2, 0) is 6.54 Å². The molecule has 1 amide bonds. The number of benzene rings is 1. The molecule has 1 N–H and O–H groups in total. The molecule has 3 aromatic rings. The molecular formula is C17H16FN3O2. The number of carbonyl (C=O) groups is 1. The fourth-order valence-electron chi connectivity index (χ4n) is 2.38. The number of nitrogens with one attached hydrogen (secondary N) is 1. The zero-order chi connectivity index (χ0) is 16.4. The molecule has 1 aromatic carbocycles. The molecule has 3 rings (SSSR count). The Balaban J connectivity index is 1.70. The molecule has 0 aliphatic carbocycles. The first-order chi connectivity index (χ1) is 11.0. The molecule has 2 heterocycles. The van der Waals surface area contributed by atoms with Crippen molar-refractivity contribution in [2.45, 2.75) is 20.4 Å². The van der Waals surface area contributed by atoms with Crippen LogP contribution in [0.4, 0.5) is 10.2 Å². The topological polar surface area (TPSA) is 60.1 Å². The Bertz CT molecular complexity index is 851. The molecular weight excluding hydrogens is 297 g/mol. The Kier molecular flexibility index (Phi) is 3.97. The Labute approximate surface area is 132 Å². The highest BCUT2D eigenvalue weighted by Crippen LogP contribution is 2.15. The summed E-state index contributed by atoms with van der Waals surface area (Å²) in [6.07, 6.45) is 1.73. The maximum absolute atomic E-state index is 13.2. The molecule has 0 unspecified atom stereocenters. The van der Waals surface area contributed by atoms with Crippen molar-refractivity contribution >= 4 is 11.7 Å². The van der Waals surface area contributed by atoms with Gasteiger partial charge >= 0.3 is 0 Å². The summed E-state index contributed by atoms with van der Waals surface area (Å²) in [4.78, 5) is 12.2. The number of anilines is 1. The highest BCUT2D eigenvalue weighted by molar-refractivity contribution is 6.04. The molecule has 5 nitrogen and oxygen atoms in total. The first-order valence-electron chi connectivity index (χ1n) is 7.17. The van der Waals surface area contributed by atoms with Gasteiger partial charge in [-0.1, -0.05) is 12.1 Å². The van der Waals surface area contributed by atoms with Crippen molar-refractivity contribution in [3.05, 3.63) is 71.1 Å². The van der Waals surface area contributed by atoms with E-state index in [0.29, 0.717) is 29.4 Å². The van der Waals surface area contributed by atoms with Crippen LogP contribution in [-0.4, -0.2) is 15.7 Å². The lowest BCUT2D eigenvalue weighted by atomic mass is 10.2. The van der Waals surface area contributed by atoms with Crippen LogP contribution in [0.1, 0.15) is 27.4 Å². The van der Waals surface area contributed by atoms with Crippen LogP contribution < -0.4 is 5.32 Å². The predicted octanol–water partition coefficient (Wildman–Crippen LogP) is 3.53. The summed E-state index contributed by atoms with van der Waals surface area (Å²) in [6.45, 7) is 3.96. The molecule has 0 fully saturated rings. The van der Waals surface area contributed by atoms with Crippen LogP contribution in [0.5, 0.6) is 0 Å². The molecule has 0 radical (unpaired) electrons. The number of carbonyl (C=O) groups excluding carboxylic acids is 1. The minimum atomic E-state index is -0.283. The highest BCUT2D eigenvalue weighted by Gasteiger charge is 2.14. The third kappa shape index (κ3) is 3.48. The molecule has 6 heteroatoms. The summed E-state index contributed by atoms with van der Waals surface area (Å²) in [6, 6.07) is 9.71. The van der Waals surface area contributed by atoms with Gasteiger partial charge in [0.05, 0.1) is 12.1 Å². The van der Waals surface area contributed by atoms with Gasteiger partial charge in [0.2, 0.25) is 0 Å². The maximum Gasteiger partial charge on any atom is 0.260 e. The molecule has 2 aromatic heterocycles. The molecule has 0 bridgehead atoms. The second-order valence-corrected chi connectivity index (χ2v) is 5.31. The molecule has 0 saturated heterocycles. The van der Waals surface area contributed by atoms with E-state index in [1.54, 1.807) is 42.9 Å². The second-order valence-electron chi connectivity index (χ2n) is 5.31. The molecule has 0 spiro atoms. The Hall–Kier alpha value is -2.89. The Morgan fingerprint density at radius 3 is 2.83 bits per heavy atom. The number of hydrogen-bond acceptors (Lipinski definition) is 3. The third-order valence-corrected chi connectivity index (χ3v) is 3.40. The van der Waals surface area contributed by atoms with Gasteiger partial charge in [-0.15, -0.1) is 0 Å². The van der Waals surface area contributed by atoms with Crippen LogP contribution >= 0.6 is 0 Å². The van der Waals surface area contributed by atoms with Crippen molar-refractivity contribution < 1.29 is 13.6 Å². The normalized spacial score (nSPS) is 10.7. The van der Waals surface area contributed by atoms with E-state index >= 15 is 0 Å². The lowest BCUT2D eigenvalue weighted by Crippen LogP contribution is -2.13. The van der Waals surface area contributed by atoms with Gasteiger partial charge in [-0.25, -0.2) is 4.39 Å². The van der Waals surface area contributed by atoms with Crippen LogP contribution in [0, 0.1) is 19.7 Å². The van der Waals surface area contributed by atoms with E-state index in [1.165, 1.54) is 12.1 Å². The molecule has 0 aliphatic heterocycles. The summed E-state index contributed by atoms with van der Waals surface area (Å²) in [5.74, 6) is 1.14. The number of amides is 1. The number of nitrogens with zero attached hydrogens (tertiary/aromatic N) is 2. The van der Waals surface area contributed by atoms with Gasteiger partial charge in [0.25, 0.3) is 5.91 Å². The lowest BCUT2D eigenvalue weighted by Gasteiger charge is -2.03. The van der Waals surface area contributed by atoms with Crippen molar-refractivity contribution in [2.75, 3.05) is 5.32 Å². The number of aryl methyl sites for hydroxylation is 2. The number of halogens is 1. The Morgan fingerprint density at radius 1 is 1.30 bits per heavy atom. The average molecular weight is 313 g/mol. The summed E-state index contributed by atoms with van der Waals surface area (Å²) in [5.41, 5.74) is 1.29. The van der Waals surface area contributed by atoms with Crippen molar-refractivity contribution in [3.8, 4) is 0 Å². The quantitative estimate of drug-likeness (QED) is 0.801. The fourth-order valence-corrected chi connectivity index (χ4v) is 2.38. The molecule has 0 atom stereocenters. The van der Waals surface area contributed by atoms with Crippen LogP contribution in [0.15, 0.2) is 47.0 Å². The lowest BCUT2D eigenvalue weighted by molar-refractivity contribution is 0.102. The zero-order valence-electron chi connectivity index (χ0n) is 12.8. The molecule has 118 valence electrons. The van der Waals surface area contributed by atoms with Crippen molar-refractivity contribution in [3.63, 3.8) is 0 Å². The van der Waals surface area contributed by atoms with Gasteiger partial charge in [0.15, 0.2) is 5.82 Å². The van der Waals surface area contributed by atoms with E-state index in [1.807, 2.05) is 6.07 Å². The van der Waals surface area contributed by atoms with E-state index in [0.717, 1.165) is 5.56 Å². The molecule has 23 heavy (non-hydrogen) atoms. The van der Waals surface area contributed by atoms with Crippen molar-refractivity contribution in [1.29, 1.82) is 0 Å². The van der Waals surface area contributed by atoms with Gasteiger partial charge in [-0.05, 0) is 37.6 Å². The van der Waals surface area contributed by atoms with Gasteiger partial charge in [-0.3, -0.25) is 9.48 Å². The first-order valence-corrected chi connectivity index (χ1v) is 7.17. The van der Waals surface area contributed by atoms with Crippen LogP contribution in [0.2, 0.25) is 0 Å². The van der Waals surface area contributed by atoms with Crippen LogP contribution in [0.3, 0.4) is 0 Å². The van der Waals surface area contributed by atoms with E-state index in [2.05, 4.69) is 10.4 Å². The van der Waals surface area contributed by atoms with Gasteiger partial charge in [-0.2, -0.15) is 5.10 Å². The minimum Gasteiger partial charge on any atom is -0.466 e. The monoisotopic (exact) mass is 313 g/mol. The molecule has 0 saturated carbocycles. The van der Waals surface area contributed by atoms with E-state index in [4.69, 9.17) is 4.42 Å². The molecule has 0 aliphatic rings. The van der Waals surface area contributed by atoms with E-state index in [9.17, 15) is 9.18 Å². The average Bonchev–Trinajstić information content (AvgIpc) is 3.05. The number of aromatic nitrogens is 2. The van der Waals surface area contributed by atoms with Crippen LogP contribution in [0.25, 0.3) is 0 Å². The summed E-state index contributed by atoms with van der Waals surface area (Å²) < 4.78 is 20.2. The predicted molar refractivity (Wildman–Crippen MR) is 83.9 cm³/mol. The van der Waals surface area contributed by atoms with Gasteiger partial charge in [0.1, 0.15) is 17.3 Å². The SMILES string of the molecule is Cc1cc(C(=O)Nc2ccn(Cc3cccc(F)c3)n2)c(C)o1. The number of furan rings is 1. The fraction of sp³-hybridized carbons (Fsp3) is 0.176. The zero-order valence-corrected chi connectivity index (χ0v) is 12.8. The summed E-state index contributed by atoms with van der Waals surface area (Å²) in [7, 11) is 0. The summed E-state index contributed by atoms with van der Waals surface area (Å²) >= 11 is 0.